The Bertz CT molecular complexity index is 920. The van der Waals surface area contributed by atoms with E-state index < -0.39 is 0 Å². The molecule has 1 N–H and O–H groups in total. The van der Waals surface area contributed by atoms with E-state index in [4.69, 9.17) is 0 Å². The van der Waals surface area contributed by atoms with Crippen LogP contribution in [-0.4, -0.2) is 66.8 Å². The van der Waals surface area contributed by atoms with Crippen molar-refractivity contribution in [2.75, 3.05) is 49.5 Å². The first-order valence-corrected chi connectivity index (χ1v) is 11.4. The molecule has 4 unspecified atom stereocenters. The summed E-state index contributed by atoms with van der Waals surface area (Å²) >= 11 is 0. The molecule has 1 aromatic carbocycles. The van der Waals surface area contributed by atoms with Crippen LogP contribution in [0, 0.1) is 30.6 Å². The summed E-state index contributed by atoms with van der Waals surface area (Å²) in [5.74, 6) is -0.883. The Labute approximate surface area is 183 Å². The lowest BCUT2D eigenvalue weighted by atomic mass is 9.85. The number of hydrogen-bond acceptors (Lipinski definition) is 5. The highest BCUT2D eigenvalue weighted by Crippen LogP contribution is 2.52. The fourth-order valence-electron chi connectivity index (χ4n) is 5.76. The number of likely N-dealkylation sites (tertiary alicyclic amines) is 1. The highest BCUT2D eigenvalue weighted by molar-refractivity contribution is 6.09. The number of aryl methyl sites for hydroxylation is 1. The number of carbonyl (C=O) groups is 3. The molecule has 4 aliphatic rings. The second-order valence-corrected chi connectivity index (χ2v) is 9.23. The van der Waals surface area contributed by atoms with Crippen LogP contribution in [0.25, 0.3) is 0 Å². The quantitative estimate of drug-likeness (QED) is 0.580. The molecule has 3 amide bonds. The SMILES string of the molecule is CCN1CCN(c2ccc(NC(=O)CN3C(=O)C4C5C=CC(C5)C4C3=O)c(C)c2)CC1. The average molecular weight is 423 g/mol. The number of likely N-dealkylation sites (N-methyl/N-ethyl adjacent to an activating group) is 1. The van der Waals surface area contributed by atoms with Gasteiger partial charge in [-0.3, -0.25) is 19.3 Å². The number of amides is 3. The summed E-state index contributed by atoms with van der Waals surface area (Å²) in [5.41, 5.74) is 2.86. The molecule has 164 valence electrons. The van der Waals surface area contributed by atoms with Crippen LogP contribution in [-0.2, 0) is 14.4 Å². The van der Waals surface area contributed by atoms with Gasteiger partial charge in [0.2, 0.25) is 17.7 Å². The van der Waals surface area contributed by atoms with Gasteiger partial charge in [-0.05, 0) is 55.5 Å². The fourth-order valence-corrected chi connectivity index (χ4v) is 5.76. The Hall–Kier alpha value is -2.67. The third-order valence-electron chi connectivity index (χ3n) is 7.53. The van der Waals surface area contributed by atoms with Gasteiger partial charge in [0, 0.05) is 37.6 Å². The molecule has 0 spiro atoms. The maximum absolute atomic E-state index is 12.8. The molecule has 7 nitrogen and oxygen atoms in total. The van der Waals surface area contributed by atoms with Crippen LogP contribution in [0.5, 0.6) is 0 Å². The van der Waals surface area contributed by atoms with Gasteiger partial charge in [0.1, 0.15) is 6.54 Å². The van der Waals surface area contributed by atoms with E-state index in [2.05, 4.69) is 40.3 Å². The minimum atomic E-state index is -0.325. The highest BCUT2D eigenvalue weighted by Gasteiger charge is 2.59. The molecule has 2 saturated heterocycles. The van der Waals surface area contributed by atoms with E-state index >= 15 is 0 Å². The molecule has 7 heteroatoms. The van der Waals surface area contributed by atoms with Gasteiger partial charge in [-0.2, -0.15) is 0 Å². The van der Waals surface area contributed by atoms with Crippen LogP contribution in [0.2, 0.25) is 0 Å². The predicted molar refractivity (Wildman–Crippen MR) is 119 cm³/mol. The molecule has 5 rings (SSSR count). The van der Waals surface area contributed by atoms with Crippen molar-refractivity contribution in [3.8, 4) is 0 Å². The molecule has 1 aromatic rings. The molecule has 1 saturated carbocycles. The highest BCUT2D eigenvalue weighted by atomic mass is 16.2. The van der Waals surface area contributed by atoms with Crippen LogP contribution in [0.15, 0.2) is 30.4 Å². The second kappa shape index (κ2) is 7.79. The third-order valence-corrected chi connectivity index (χ3v) is 7.53. The number of benzene rings is 1. The van der Waals surface area contributed by atoms with Crippen LogP contribution in [0.1, 0.15) is 18.9 Å². The van der Waals surface area contributed by atoms with E-state index in [1.54, 1.807) is 0 Å². The number of imide groups is 1. The standard InChI is InChI=1S/C24H30N4O3/c1-3-26-8-10-27(11-9-26)18-6-7-19(15(2)12-18)25-20(29)14-28-23(30)21-16-4-5-17(13-16)22(21)24(28)31/h4-7,12,16-17,21-22H,3,8-11,13-14H2,1-2H3,(H,25,29). The topological polar surface area (TPSA) is 73.0 Å². The second-order valence-electron chi connectivity index (χ2n) is 9.23. The third kappa shape index (κ3) is 3.45. The number of fused-ring (bicyclic) bond motifs is 5. The normalized spacial score (nSPS) is 29.7. The summed E-state index contributed by atoms with van der Waals surface area (Å²) in [6, 6.07) is 6.04. The van der Waals surface area contributed by atoms with Crippen molar-refractivity contribution in [3.05, 3.63) is 35.9 Å². The molecule has 2 heterocycles. The van der Waals surface area contributed by atoms with Crippen molar-refractivity contribution in [2.45, 2.75) is 20.3 Å². The summed E-state index contributed by atoms with van der Waals surface area (Å²) in [4.78, 5) is 44.2. The average Bonchev–Trinajstić information content (AvgIpc) is 3.45. The number of anilines is 2. The number of nitrogens with zero attached hydrogens (tertiary/aromatic N) is 3. The summed E-state index contributed by atoms with van der Waals surface area (Å²) in [6.45, 7) is 9.16. The van der Waals surface area contributed by atoms with Crippen LogP contribution >= 0.6 is 0 Å². The van der Waals surface area contributed by atoms with Crippen LogP contribution < -0.4 is 10.2 Å². The monoisotopic (exact) mass is 422 g/mol. The van der Waals surface area contributed by atoms with Crippen molar-refractivity contribution in [1.82, 2.24) is 9.80 Å². The van der Waals surface area contributed by atoms with E-state index in [0.717, 1.165) is 56.1 Å². The molecule has 0 aromatic heterocycles. The largest absolute Gasteiger partial charge is 0.369 e. The molecule has 31 heavy (non-hydrogen) atoms. The summed E-state index contributed by atoms with van der Waals surface area (Å²) in [6.07, 6.45) is 5.02. The molecule has 4 atom stereocenters. The number of nitrogens with one attached hydrogen (secondary N) is 1. The molecule has 3 fully saturated rings. The first-order chi connectivity index (χ1) is 15.0. The number of piperazine rings is 1. The van der Waals surface area contributed by atoms with Crippen LogP contribution in [0.4, 0.5) is 11.4 Å². The predicted octanol–water partition coefficient (Wildman–Crippen LogP) is 1.88. The number of carbonyl (C=O) groups excluding carboxylic acids is 3. The Morgan fingerprint density at radius 1 is 1.03 bits per heavy atom. The van der Waals surface area contributed by atoms with Crippen LogP contribution in [0.3, 0.4) is 0 Å². The maximum atomic E-state index is 12.8. The van der Waals surface area contributed by atoms with E-state index in [0.29, 0.717) is 0 Å². The number of allylic oxidation sites excluding steroid dienone is 2. The van der Waals surface area contributed by atoms with Gasteiger partial charge < -0.3 is 15.1 Å². The lowest BCUT2D eigenvalue weighted by Gasteiger charge is -2.35. The molecule has 0 radical (unpaired) electrons. The van der Waals surface area contributed by atoms with Gasteiger partial charge in [-0.15, -0.1) is 0 Å². The van der Waals surface area contributed by atoms with E-state index in [9.17, 15) is 14.4 Å². The zero-order chi connectivity index (χ0) is 21.7. The molecular weight excluding hydrogens is 392 g/mol. The van der Waals surface area contributed by atoms with Gasteiger partial charge >= 0.3 is 0 Å². The van der Waals surface area contributed by atoms with Gasteiger partial charge in [-0.25, -0.2) is 0 Å². The molecular formula is C24H30N4O3. The summed E-state index contributed by atoms with van der Waals surface area (Å²) in [7, 11) is 0. The summed E-state index contributed by atoms with van der Waals surface area (Å²) in [5, 5.41) is 2.90. The first kappa shape index (κ1) is 20.2. The van der Waals surface area contributed by atoms with E-state index in [1.165, 1.54) is 4.90 Å². The maximum Gasteiger partial charge on any atom is 0.244 e. The smallest absolute Gasteiger partial charge is 0.244 e. The Balaban J connectivity index is 1.21. The van der Waals surface area contributed by atoms with Gasteiger partial charge in [0.05, 0.1) is 11.8 Å². The lowest BCUT2D eigenvalue weighted by molar-refractivity contribution is -0.143. The Morgan fingerprint density at radius 3 is 2.26 bits per heavy atom. The molecule has 2 bridgehead atoms. The van der Waals surface area contributed by atoms with Gasteiger partial charge in [0.25, 0.3) is 0 Å². The Morgan fingerprint density at radius 2 is 1.68 bits per heavy atom. The van der Waals surface area contributed by atoms with Crippen molar-refractivity contribution >= 4 is 29.1 Å². The molecule has 2 aliphatic carbocycles. The van der Waals surface area contributed by atoms with Crippen molar-refractivity contribution in [1.29, 1.82) is 0 Å². The zero-order valence-corrected chi connectivity index (χ0v) is 18.2. The number of rotatable bonds is 5. The van der Waals surface area contributed by atoms with Gasteiger partial charge in [-0.1, -0.05) is 19.1 Å². The van der Waals surface area contributed by atoms with Crippen molar-refractivity contribution in [2.24, 2.45) is 23.7 Å². The minimum absolute atomic E-state index is 0.161. The molecule has 2 aliphatic heterocycles. The minimum Gasteiger partial charge on any atom is -0.369 e. The first-order valence-electron chi connectivity index (χ1n) is 11.4. The van der Waals surface area contributed by atoms with E-state index in [1.807, 2.05) is 19.1 Å². The van der Waals surface area contributed by atoms with Gasteiger partial charge in [0.15, 0.2) is 0 Å². The fraction of sp³-hybridized carbons (Fsp3) is 0.542. The van der Waals surface area contributed by atoms with Crippen molar-refractivity contribution < 1.29 is 14.4 Å². The number of hydrogen-bond donors (Lipinski definition) is 1. The lowest BCUT2D eigenvalue weighted by Crippen LogP contribution is -2.46. The van der Waals surface area contributed by atoms with E-state index in [-0.39, 0.29) is 47.9 Å². The zero-order valence-electron chi connectivity index (χ0n) is 18.2. The Kier molecular flexibility index (Phi) is 5.08. The van der Waals surface area contributed by atoms with Crippen molar-refractivity contribution in [3.63, 3.8) is 0 Å². The summed E-state index contributed by atoms with van der Waals surface area (Å²) < 4.78 is 0.